The minimum Gasteiger partial charge on any atom is -0.481 e. The van der Waals surface area contributed by atoms with Crippen molar-refractivity contribution in [3.63, 3.8) is 0 Å². The van der Waals surface area contributed by atoms with Gasteiger partial charge in [-0.3, -0.25) is 9.78 Å². The number of aromatic nitrogens is 4. The van der Waals surface area contributed by atoms with Crippen LogP contribution in [0.1, 0.15) is 47.4 Å². The highest BCUT2D eigenvalue weighted by Crippen LogP contribution is 2.23. The molecular formula is C23H23N5O3. The van der Waals surface area contributed by atoms with Crippen LogP contribution in [-0.2, 0) is 17.8 Å². The second kappa shape index (κ2) is 9.41. The van der Waals surface area contributed by atoms with Crippen LogP contribution in [-0.4, -0.2) is 42.2 Å². The second-order valence-electron chi connectivity index (χ2n) is 7.48. The quantitative estimate of drug-likeness (QED) is 0.528. The van der Waals surface area contributed by atoms with Crippen molar-refractivity contribution in [2.75, 3.05) is 11.9 Å². The summed E-state index contributed by atoms with van der Waals surface area (Å²) in [6.45, 7) is 1.32. The number of pyridine rings is 2. The highest BCUT2D eigenvalue weighted by molar-refractivity contribution is 5.68. The molecule has 0 fully saturated rings. The van der Waals surface area contributed by atoms with Crippen molar-refractivity contribution in [3.8, 4) is 11.8 Å². The first kappa shape index (κ1) is 20.6. The Morgan fingerprint density at radius 1 is 1.32 bits per heavy atom. The van der Waals surface area contributed by atoms with Crippen LogP contribution in [0.2, 0.25) is 0 Å². The Morgan fingerprint density at radius 2 is 2.23 bits per heavy atom. The lowest BCUT2D eigenvalue weighted by molar-refractivity contribution is -0.137. The first-order valence-electron chi connectivity index (χ1n) is 10.2. The van der Waals surface area contributed by atoms with E-state index in [9.17, 15) is 15.0 Å². The number of imidazole rings is 1. The number of nitrogens with one attached hydrogen (secondary N) is 1. The van der Waals surface area contributed by atoms with E-state index in [1.54, 1.807) is 41.6 Å². The molecule has 0 saturated heterocycles. The largest absolute Gasteiger partial charge is 0.481 e. The van der Waals surface area contributed by atoms with E-state index < -0.39 is 12.1 Å². The summed E-state index contributed by atoms with van der Waals surface area (Å²) >= 11 is 0. The van der Waals surface area contributed by atoms with Gasteiger partial charge in [0.15, 0.2) is 6.10 Å². The fraction of sp³-hybridized carbons (Fsp3) is 0.304. The standard InChI is InChI=1S/C23H23N5O3/c29-21(20-7-5-16-3-2-10-25-23(16)27-20)8-6-19-14-28(15-26-19)13-18(11-22(30)31)17-4-1-9-24-12-17/h1,4-5,7,9,12,14-15,18,21,29H,2-3,10-11,13H2,(H,25,27)(H,30,31). The summed E-state index contributed by atoms with van der Waals surface area (Å²) in [6, 6.07) is 7.44. The molecule has 2 unspecified atom stereocenters. The van der Waals surface area contributed by atoms with Crippen molar-refractivity contribution in [2.24, 2.45) is 0 Å². The van der Waals surface area contributed by atoms with Crippen LogP contribution in [0.15, 0.2) is 49.2 Å². The molecule has 3 aromatic rings. The molecule has 4 rings (SSSR count). The average Bonchev–Trinajstić information content (AvgIpc) is 3.24. The maximum absolute atomic E-state index is 11.3. The maximum atomic E-state index is 11.3. The van der Waals surface area contributed by atoms with Gasteiger partial charge in [0.2, 0.25) is 0 Å². The molecule has 0 spiro atoms. The number of hydrogen-bond acceptors (Lipinski definition) is 6. The Morgan fingerprint density at radius 3 is 3.03 bits per heavy atom. The highest BCUT2D eigenvalue weighted by atomic mass is 16.4. The SMILES string of the molecule is O=C(O)CC(Cn1cnc(C#CC(O)c2ccc3c(n2)NCCC3)c1)c1cccnc1. The molecule has 0 aliphatic carbocycles. The van der Waals surface area contributed by atoms with E-state index in [1.165, 1.54) is 0 Å². The predicted molar refractivity (Wildman–Crippen MR) is 114 cm³/mol. The minimum atomic E-state index is -1.02. The zero-order valence-electron chi connectivity index (χ0n) is 16.9. The zero-order chi connectivity index (χ0) is 21.6. The second-order valence-corrected chi connectivity index (χ2v) is 7.48. The van der Waals surface area contributed by atoms with Crippen LogP contribution >= 0.6 is 0 Å². The molecule has 0 bridgehead atoms. The lowest BCUT2D eigenvalue weighted by Crippen LogP contribution is -2.14. The summed E-state index contributed by atoms with van der Waals surface area (Å²) in [5.41, 5.74) is 3.00. The topological polar surface area (TPSA) is 113 Å². The summed E-state index contributed by atoms with van der Waals surface area (Å²) in [7, 11) is 0. The number of aliphatic carboxylic acids is 1. The van der Waals surface area contributed by atoms with Gasteiger partial charge in [0, 0.05) is 37.6 Å². The highest BCUT2D eigenvalue weighted by Gasteiger charge is 2.17. The lowest BCUT2D eigenvalue weighted by Gasteiger charge is -2.17. The van der Waals surface area contributed by atoms with Crippen molar-refractivity contribution >= 4 is 11.8 Å². The number of aryl methyl sites for hydroxylation is 1. The minimum absolute atomic E-state index is 0.0123. The molecule has 0 amide bonds. The summed E-state index contributed by atoms with van der Waals surface area (Å²) in [5.74, 6) is 5.37. The normalized spacial score (nSPS) is 14.5. The first-order valence-corrected chi connectivity index (χ1v) is 10.2. The van der Waals surface area contributed by atoms with Crippen molar-refractivity contribution in [1.82, 2.24) is 19.5 Å². The fourth-order valence-corrected chi connectivity index (χ4v) is 3.61. The molecular weight excluding hydrogens is 394 g/mol. The number of carboxylic acid groups (broad SMARTS) is 1. The van der Waals surface area contributed by atoms with Gasteiger partial charge in [-0.25, -0.2) is 9.97 Å². The van der Waals surface area contributed by atoms with E-state index in [1.807, 2.05) is 12.1 Å². The van der Waals surface area contributed by atoms with Crippen molar-refractivity contribution in [1.29, 1.82) is 0 Å². The number of aliphatic hydroxyl groups excluding tert-OH is 1. The van der Waals surface area contributed by atoms with Gasteiger partial charge in [-0.2, -0.15) is 0 Å². The molecule has 1 aliphatic heterocycles. The van der Waals surface area contributed by atoms with Gasteiger partial charge in [-0.15, -0.1) is 0 Å². The molecule has 4 heterocycles. The Balaban J connectivity index is 1.45. The molecule has 158 valence electrons. The van der Waals surface area contributed by atoms with Crippen LogP contribution in [0.25, 0.3) is 0 Å². The fourth-order valence-electron chi connectivity index (χ4n) is 3.61. The molecule has 3 aromatic heterocycles. The van der Waals surface area contributed by atoms with Crippen LogP contribution in [0.5, 0.6) is 0 Å². The van der Waals surface area contributed by atoms with Gasteiger partial charge in [0.05, 0.1) is 18.4 Å². The van der Waals surface area contributed by atoms with E-state index in [2.05, 4.69) is 32.1 Å². The number of hydrogen-bond donors (Lipinski definition) is 3. The van der Waals surface area contributed by atoms with E-state index >= 15 is 0 Å². The third kappa shape index (κ3) is 5.27. The van der Waals surface area contributed by atoms with Gasteiger partial charge < -0.3 is 20.1 Å². The van der Waals surface area contributed by atoms with E-state index in [0.29, 0.717) is 17.9 Å². The molecule has 0 radical (unpaired) electrons. The molecule has 3 N–H and O–H groups in total. The number of carbonyl (C=O) groups is 1. The van der Waals surface area contributed by atoms with Gasteiger partial charge in [-0.1, -0.05) is 18.1 Å². The number of carboxylic acids is 1. The monoisotopic (exact) mass is 417 g/mol. The van der Waals surface area contributed by atoms with E-state index in [-0.39, 0.29) is 12.3 Å². The number of fused-ring (bicyclic) bond motifs is 1. The maximum Gasteiger partial charge on any atom is 0.304 e. The predicted octanol–water partition coefficient (Wildman–Crippen LogP) is 2.37. The molecule has 31 heavy (non-hydrogen) atoms. The lowest BCUT2D eigenvalue weighted by atomic mass is 9.97. The molecule has 0 saturated carbocycles. The third-order valence-corrected chi connectivity index (χ3v) is 5.17. The summed E-state index contributed by atoms with van der Waals surface area (Å²) < 4.78 is 1.80. The molecule has 8 nitrogen and oxygen atoms in total. The average molecular weight is 417 g/mol. The smallest absolute Gasteiger partial charge is 0.304 e. The number of rotatable bonds is 6. The van der Waals surface area contributed by atoms with Crippen molar-refractivity contribution < 1.29 is 15.0 Å². The van der Waals surface area contributed by atoms with Crippen LogP contribution in [0.4, 0.5) is 5.82 Å². The van der Waals surface area contributed by atoms with Crippen molar-refractivity contribution in [2.45, 2.75) is 37.8 Å². The first-order chi connectivity index (χ1) is 15.1. The van der Waals surface area contributed by atoms with Gasteiger partial charge in [0.1, 0.15) is 11.5 Å². The van der Waals surface area contributed by atoms with Crippen molar-refractivity contribution in [3.05, 3.63) is 71.7 Å². The third-order valence-electron chi connectivity index (χ3n) is 5.17. The van der Waals surface area contributed by atoms with Crippen LogP contribution in [0.3, 0.4) is 0 Å². The van der Waals surface area contributed by atoms with Gasteiger partial charge in [-0.05, 0) is 42.0 Å². The van der Waals surface area contributed by atoms with Gasteiger partial charge >= 0.3 is 5.97 Å². The van der Waals surface area contributed by atoms with Crippen LogP contribution < -0.4 is 5.32 Å². The number of aliphatic hydroxyl groups is 1. The Hall–Kier alpha value is -3.70. The Bertz CT molecular complexity index is 1120. The zero-order valence-corrected chi connectivity index (χ0v) is 16.9. The van der Waals surface area contributed by atoms with E-state index in [4.69, 9.17) is 0 Å². The van der Waals surface area contributed by atoms with E-state index in [0.717, 1.165) is 36.3 Å². The summed E-state index contributed by atoms with van der Waals surface area (Å²) in [6.07, 6.45) is 7.72. The summed E-state index contributed by atoms with van der Waals surface area (Å²) in [5, 5.41) is 22.9. The molecule has 8 heteroatoms. The molecule has 1 aliphatic rings. The summed E-state index contributed by atoms with van der Waals surface area (Å²) in [4.78, 5) is 24.1. The number of nitrogens with zero attached hydrogens (tertiary/aromatic N) is 4. The van der Waals surface area contributed by atoms with Crippen LogP contribution in [0, 0.1) is 11.8 Å². The molecule has 2 atom stereocenters. The van der Waals surface area contributed by atoms with Gasteiger partial charge in [0.25, 0.3) is 0 Å². The number of anilines is 1. The Labute approximate surface area is 180 Å². The Kier molecular flexibility index (Phi) is 6.24. The molecule has 0 aromatic carbocycles.